The Morgan fingerprint density at radius 2 is 1.88 bits per heavy atom. The van der Waals surface area contributed by atoms with Crippen molar-refractivity contribution in [3.05, 3.63) is 94.0 Å². The predicted molar refractivity (Wildman–Crippen MR) is 150 cm³/mol. The second kappa shape index (κ2) is 12.2. The van der Waals surface area contributed by atoms with Crippen molar-refractivity contribution in [2.24, 2.45) is 11.7 Å². The number of hydrogen-bond donors (Lipinski definition) is 2. The number of nitriles is 1. The summed E-state index contributed by atoms with van der Waals surface area (Å²) in [6.07, 6.45) is 5.02. The van der Waals surface area contributed by atoms with Crippen molar-refractivity contribution in [3.8, 4) is 6.07 Å². The van der Waals surface area contributed by atoms with Crippen LogP contribution in [-0.4, -0.2) is 27.6 Å². The fraction of sp³-hybridized carbons (Fsp3) is 0.179. The first-order valence-electron chi connectivity index (χ1n) is 12.5. The maximum Gasteiger partial charge on any atom is 0.234 e. The minimum absolute atomic E-state index is 0.0405. The number of allylic oxidation sites excluding steroid dienone is 4. The minimum Gasteiger partial charge on any atom is -0.384 e. The van der Waals surface area contributed by atoms with E-state index in [1.54, 1.807) is 6.08 Å². The number of nitrogens with zero attached hydrogens (tertiary/aromatic N) is 4. The molecule has 2 aromatic carbocycles. The van der Waals surface area contributed by atoms with Crippen molar-refractivity contribution in [1.82, 2.24) is 10.2 Å². The summed E-state index contributed by atoms with van der Waals surface area (Å²) in [5, 5.41) is 20.3. The van der Waals surface area contributed by atoms with E-state index in [9.17, 15) is 32.4 Å². The third kappa shape index (κ3) is 5.65. The lowest BCUT2D eigenvalue weighted by molar-refractivity contribution is -0.116. The topological polar surface area (TPSA) is 125 Å². The fourth-order valence-corrected chi connectivity index (χ4v) is 6.33. The van der Waals surface area contributed by atoms with E-state index in [-0.39, 0.29) is 32.7 Å². The Labute approximate surface area is 245 Å². The van der Waals surface area contributed by atoms with Crippen molar-refractivity contribution >= 4 is 51.7 Å². The van der Waals surface area contributed by atoms with Gasteiger partial charge >= 0.3 is 0 Å². The number of carbonyl (C=O) groups excluding carboxylic acids is 2. The number of hydrogen-bond acceptors (Lipinski definition) is 9. The fourth-order valence-electron chi connectivity index (χ4n) is 4.65. The van der Waals surface area contributed by atoms with Gasteiger partial charge in [-0.05, 0) is 18.4 Å². The Balaban J connectivity index is 1.38. The van der Waals surface area contributed by atoms with Crippen LogP contribution in [0.4, 0.5) is 28.4 Å². The number of benzene rings is 2. The summed E-state index contributed by atoms with van der Waals surface area (Å²) in [5.41, 5.74) is 7.38. The monoisotopic (exact) mass is 612 g/mol. The van der Waals surface area contributed by atoms with E-state index in [1.165, 1.54) is 4.90 Å². The summed E-state index contributed by atoms with van der Waals surface area (Å²) in [5.74, 6) is -8.77. The van der Waals surface area contributed by atoms with E-state index in [4.69, 9.17) is 5.73 Å². The van der Waals surface area contributed by atoms with Crippen LogP contribution in [0.2, 0.25) is 0 Å². The molecule has 3 aromatic rings. The minimum atomic E-state index is -1.73. The Morgan fingerprint density at radius 1 is 1.17 bits per heavy atom. The quantitative estimate of drug-likeness (QED) is 0.199. The van der Waals surface area contributed by atoms with E-state index in [0.717, 1.165) is 28.7 Å². The van der Waals surface area contributed by atoms with Gasteiger partial charge in [-0.15, -0.1) is 10.2 Å². The number of nitrogens with two attached hydrogens (primary N) is 1. The zero-order valence-electron chi connectivity index (χ0n) is 21.5. The first-order chi connectivity index (χ1) is 20.2. The van der Waals surface area contributed by atoms with Gasteiger partial charge in [0.25, 0.3) is 0 Å². The highest BCUT2D eigenvalue weighted by Crippen LogP contribution is 2.44. The summed E-state index contributed by atoms with van der Waals surface area (Å²) >= 11 is 1.87. The van der Waals surface area contributed by atoms with Gasteiger partial charge in [-0.2, -0.15) is 5.26 Å². The van der Waals surface area contributed by atoms with Crippen molar-refractivity contribution < 1.29 is 27.2 Å². The van der Waals surface area contributed by atoms with Crippen LogP contribution in [0.15, 0.2) is 69.5 Å². The number of ketones is 1. The van der Waals surface area contributed by atoms with E-state index in [0.29, 0.717) is 30.5 Å². The van der Waals surface area contributed by atoms with E-state index in [2.05, 4.69) is 16.3 Å². The molecular weight excluding hydrogens is 592 g/mol. The number of aromatic nitrogens is 2. The second-order valence-electron chi connectivity index (χ2n) is 9.16. The van der Waals surface area contributed by atoms with Gasteiger partial charge in [-0.3, -0.25) is 14.5 Å². The highest BCUT2D eigenvalue weighted by Gasteiger charge is 2.39. The molecule has 0 saturated heterocycles. The molecule has 1 aliphatic heterocycles. The standard InChI is InChI=1S/C28H20F4N6O2S2/c29-17-11-18(30)24(32)25(23(17)31)35-21(40)13-41-28-37-36-27(42-28)38-19-7-4-8-20(39)22(19)15(16(12-33)26(38)34)10-9-14-5-2-1-3-6-14/h1-3,5-6,9-11,15H,4,7-8,13,34H2,(H,35,40)/b10-9+. The summed E-state index contributed by atoms with van der Waals surface area (Å²) < 4.78 is 55.0. The number of thioether (sulfide) groups is 1. The average molecular weight is 613 g/mol. The van der Waals surface area contributed by atoms with Crippen LogP contribution in [0.1, 0.15) is 24.8 Å². The number of carbonyl (C=O) groups is 2. The molecule has 1 unspecified atom stereocenters. The highest BCUT2D eigenvalue weighted by molar-refractivity contribution is 8.01. The summed E-state index contributed by atoms with van der Waals surface area (Å²) in [7, 11) is 0. The normalized spacial score (nSPS) is 17.1. The van der Waals surface area contributed by atoms with Crippen LogP contribution in [0.25, 0.3) is 6.08 Å². The zero-order chi connectivity index (χ0) is 30.0. The number of rotatable bonds is 7. The van der Waals surface area contributed by atoms with Crippen molar-refractivity contribution in [3.63, 3.8) is 0 Å². The predicted octanol–water partition coefficient (Wildman–Crippen LogP) is 5.68. The molecule has 0 fully saturated rings. The van der Waals surface area contributed by atoms with Crippen molar-refractivity contribution in [2.45, 2.75) is 23.6 Å². The number of nitrogens with one attached hydrogen (secondary N) is 1. The van der Waals surface area contributed by atoms with Crippen LogP contribution in [0.3, 0.4) is 0 Å². The third-order valence-corrected chi connectivity index (χ3v) is 8.57. The van der Waals surface area contributed by atoms with Gasteiger partial charge < -0.3 is 11.1 Å². The van der Waals surface area contributed by atoms with Gasteiger partial charge in [0.15, 0.2) is 33.4 Å². The van der Waals surface area contributed by atoms with Crippen LogP contribution < -0.4 is 16.0 Å². The van der Waals surface area contributed by atoms with Gasteiger partial charge in [0.05, 0.1) is 17.4 Å². The molecule has 5 rings (SSSR count). The first-order valence-corrected chi connectivity index (χ1v) is 14.3. The van der Waals surface area contributed by atoms with Crippen LogP contribution in [0.5, 0.6) is 0 Å². The van der Waals surface area contributed by atoms with Crippen molar-refractivity contribution in [1.29, 1.82) is 5.26 Å². The Bertz CT molecular complexity index is 1690. The molecule has 0 saturated carbocycles. The number of anilines is 2. The summed E-state index contributed by atoms with van der Waals surface area (Å²) in [4.78, 5) is 27.0. The molecule has 2 heterocycles. The van der Waals surface area contributed by atoms with E-state index >= 15 is 0 Å². The molecule has 0 bridgehead atoms. The number of amides is 1. The van der Waals surface area contributed by atoms with Gasteiger partial charge in [-0.1, -0.05) is 65.6 Å². The van der Waals surface area contributed by atoms with E-state index < -0.39 is 46.5 Å². The molecule has 1 atom stereocenters. The van der Waals surface area contributed by atoms with Gasteiger partial charge in [-0.25, -0.2) is 17.6 Å². The third-order valence-electron chi connectivity index (χ3n) is 6.53. The Morgan fingerprint density at radius 3 is 2.57 bits per heavy atom. The molecule has 1 aromatic heterocycles. The van der Waals surface area contributed by atoms with Crippen LogP contribution in [-0.2, 0) is 9.59 Å². The SMILES string of the molecule is N#CC1=C(N)N(c2nnc(SCC(=O)Nc3c(F)c(F)cc(F)c3F)s2)C2=C(C(=O)CCC2)C1/C=C/c1ccccc1. The van der Waals surface area contributed by atoms with Crippen LogP contribution >= 0.6 is 23.1 Å². The largest absolute Gasteiger partial charge is 0.384 e. The molecule has 2 aliphatic rings. The molecule has 8 nitrogen and oxygen atoms in total. The zero-order valence-corrected chi connectivity index (χ0v) is 23.2. The Hall–Kier alpha value is -4.48. The first kappa shape index (κ1) is 29.0. The van der Waals surface area contributed by atoms with E-state index in [1.807, 2.05) is 41.7 Å². The molecule has 1 aliphatic carbocycles. The molecule has 3 N–H and O–H groups in total. The Kier molecular flexibility index (Phi) is 8.41. The summed E-state index contributed by atoms with van der Waals surface area (Å²) in [6.45, 7) is 0. The molecule has 0 radical (unpaired) electrons. The molecule has 1 amide bonds. The maximum absolute atomic E-state index is 13.9. The average Bonchev–Trinajstić information content (AvgIpc) is 3.45. The second-order valence-corrected chi connectivity index (χ2v) is 11.3. The number of Topliss-reactive ketones (excluding diaryl/α,β-unsaturated/α-hetero) is 1. The lowest BCUT2D eigenvalue weighted by Crippen LogP contribution is -2.39. The molecular formula is C28H20F4N6O2S2. The van der Waals surface area contributed by atoms with Crippen LogP contribution in [0, 0.1) is 40.5 Å². The lowest BCUT2D eigenvalue weighted by atomic mass is 9.79. The molecule has 0 spiro atoms. The van der Waals surface area contributed by atoms with Gasteiger partial charge in [0.2, 0.25) is 11.0 Å². The lowest BCUT2D eigenvalue weighted by Gasteiger charge is -2.37. The van der Waals surface area contributed by atoms with Crippen molar-refractivity contribution in [2.75, 3.05) is 16.0 Å². The van der Waals surface area contributed by atoms with Gasteiger partial charge in [0, 0.05) is 29.7 Å². The van der Waals surface area contributed by atoms with Gasteiger partial charge in [0.1, 0.15) is 11.5 Å². The maximum atomic E-state index is 13.9. The molecule has 14 heteroatoms. The number of halogens is 4. The molecule has 42 heavy (non-hydrogen) atoms. The molecule has 214 valence electrons. The smallest absolute Gasteiger partial charge is 0.234 e. The summed E-state index contributed by atoms with van der Waals surface area (Å²) in [6, 6.07) is 11.6. The highest BCUT2D eigenvalue weighted by atomic mass is 32.2.